The molecule has 2 heterocycles. The number of nitrogens with zero attached hydrogens (tertiary/aromatic N) is 2. The fraction of sp³-hybridized carbons (Fsp3) is 0.591. The van der Waals surface area contributed by atoms with Gasteiger partial charge < -0.3 is 10.0 Å². The first kappa shape index (κ1) is 18.9. The maximum Gasteiger partial charge on any atom is 0.306 e. The van der Waals surface area contributed by atoms with Crippen molar-refractivity contribution in [1.82, 2.24) is 9.80 Å². The van der Waals surface area contributed by atoms with Crippen molar-refractivity contribution in [2.45, 2.75) is 45.1 Å². The Hall–Kier alpha value is -1.83. The Labute approximate surface area is 157 Å². The molecule has 0 saturated carbocycles. The molecule has 1 aromatic rings. The summed E-state index contributed by atoms with van der Waals surface area (Å²) in [6, 6.07) is 8.47. The lowest BCUT2D eigenvalue weighted by Gasteiger charge is -2.30. The summed E-state index contributed by atoms with van der Waals surface area (Å²) in [5.74, 6) is 5.83. The standard InChI is InChI=1S/C22H30N2O2/c25-22(26)21-10-15-24(16-11-21)18-20-9-6-8-19(17-20)7-2-5-14-23-12-3-1-4-13-23/h6,8-9,17,21H,1,3-5,10-16,18H2,(H,25,26). The van der Waals surface area contributed by atoms with Gasteiger partial charge in [0, 0.05) is 25.1 Å². The number of carbonyl (C=O) groups is 1. The van der Waals surface area contributed by atoms with Crippen molar-refractivity contribution in [3.8, 4) is 11.8 Å². The van der Waals surface area contributed by atoms with Crippen LogP contribution in [0.25, 0.3) is 0 Å². The van der Waals surface area contributed by atoms with Crippen LogP contribution in [0.15, 0.2) is 24.3 Å². The Morgan fingerprint density at radius 2 is 1.85 bits per heavy atom. The highest BCUT2D eigenvalue weighted by Gasteiger charge is 2.24. The molecule has 4 nitrogen and oxygen atoms in total. The van der Waals surface area contributed by atoms with Gasteiger partial charge in [0.05, 0.1) is 5.92 Å². The van der Waals surface area contributed by atoms with E-state index >= 15 is 0 Å². The zero-order valence-corrected chi connectivity index (χ0v) is 15.6. The van der Waals surface area contributed by atoms with E-state index in [2.05, 4.69) is 45.9 Å². The van der Waals surface area contributed by atoms with Gasteiger partial charge in [-0.25, -0.2) is 0 Å². The molecule has 0 aromatic heterocycles. The van der Waals surface area contributed by atoms with E-state index in [1.54, 1.807) is 0 Å². The van der Waals surface area contributed by atoms with Crippen LogP contribution in [0, 0.1) is 17.8 Å². The second-order valence-electron chi connectivity index (χ2n) is 7.54. The van der Waals surface area contributed by atoms with Gasteiger partial charge in [-0.2, -0.15) is 0 Å². The number of benzene rings is 1. The van der Waals surface area contributed by atoms with Gasteiger partial charge in [0.1, 0.15) is 0 Å². The van der Waals surface area contributed by atoms with Gasteiger partial charge in [-0.3, -0.25) is 9.69 Å². The fourth-order valence-corrected chi connectivity index (χ4v) is 3.91. The highest BCUT2D eigenvalue weighted by Crippen LogP contribution is 2.19. The quantitative estimate of drug-likeness (QED) is 0.825. The van der Waals surface area contributed by atoms with Crippen LogP contribution >= 0.6 is 0 Å². The summed E-state index contributed by atoms with van der Waals surface area (Å²) in [6.45, 7) is 6.16. The summed E-state index contributed by atoms with van der Waals surface area (Å²) in [5.41, 5.74) is 2.35. The smallest absolute Gasteiger partial charge is 0.306 e. The number of likely N-dealkylation sites (tertiary alicyclic amines) is 2. The third-order valence-corrected chi connectivity index (χ3v) is 5.50. The average Bonchev–Trinajstić information content (AvgIpc) is 2.67. The van der Waals surface area contributed by atoms with Gasteiger partial charge in [0.25, 0.3) is 0 Å². The van der Waals surface area contributed by atoms with E-state index < -0.39 is 5.97 Å². The average molecular weight is 354 g/mol. The molecule has 0 bridgehead atoms. The molecule has 0 aliphatic carbocycles. The molecular formula is C22H30N2O2. The van der Waals surface area contributed by atoms with E-state index in [0.717, 1.165) is 51.0 Å². The Bertz CT molecular complexity index is 648. The third kappa shape index (κ3) is 5.86. The van der Waals surface area contributed by atoms with Crippen LogP contribution in [0.1, 0.15) is 49.7 Å². The third-order valence-electron chi connectivity index (χ3n) is 5.50. The van der Waals surface area contributed by atoms with E-state index in [0.29, 0.717) is 0 Å². The number of rotatable bonds is 5. The number of piperidine rings is 2. The zero-order valence-electron chi connectivity index (χ0n) is 15.6. The van der Waals surface area contributed by atoms with Crippen molar-refractivity contribution in [3.05, 3.63) is 35.4 Å². The molecule has 1 aromatic carbocycles. The van der Waals surface area contributed by atoms with Crippen LogP contribution in [-0.4, -0.2) is 53.6 Å². The summed E-state index contributed by atoms with van der Waals surface area (Å²) < 4.78 is 0. The minimum absolute atomic E-state index is 0.164. The van der Waals surface area contributed by atoms with Crippen LogP contribution in [0.3, 0.4) is 0 Å². The molecule has 2 aliphatic rings. The number of hydrogen-bond donors (Lipinski definition) is 1. The summed E-state index contributed by atoms with van der Waals surface area (Å²) in [5, 5.41) is 9.10. The second-order valence-corrected chi connectivity index (χ2v) is 7.54. The first-order valence-corrected chi connectivity index (χ1v) is 9.96. The molecule has 140 valence electrons. The molecule has 26 heavy (non-hydrogen) atoms. The normalized spacial score (nSPS) is 19.7. The lowest BCUT2D eigenvalue weighted by atomic mass is 9.96. The minimum Gasteiger partial charge on any atom is -0.481 e. The van der Waals surface area contributed by atoms with Crippen LogP contribution in [0.5, 0.6) is 0 Å². The Morgan fingerprint density at radius 1 is 1.08 bits per heavy atom. The number of aliphatic carboxylic acids is 1. The molecule has 3 rings (SSSR count). The number of hydrogen-bond acceptors (Lipinski definition) is 3. The van der Waals surface area contributed by atoms with Gasteiger partial charge in [0.2, 0.25) is 0 Å². The molecule has 1 N–H and O–H groups in total. The Morgan fingerprint density at radius 3 is 2.58 bits per heavy atom. The van der Waals surface area contributed by atoms with Crippen LogP contribution in [0.4, 0.5) is 0 Å². The Kier molecular flexibility index (Phi) is 7.11. The monoisotopic (exact) mass is 354 g/mol. The number of carboxylic acid groups (broad SMARTS) is 1. The predicted molar refractivity (Wildman–Crippen MR) is 104 cm³/mol. The van der Waals surface area contributed by atoms with E-state index in [1.165, 1.54) is 37.9 Å². The summed E-state index contributed by atoms with van der Waals surface area (Å²) >= 11 is 0. The van der Waals surface area contributed by atoms with Crippen molar-refractivity contribution >= 4 is 5.97 Å². The number of carboxylic acids is 1. The molecule has 0 unspecified atom stereocenters. The van der Waals surface area contributed by atoms with Crippen molar-refractivity contribution in [3.63, 3.8) is 0 Å². The molecule has 0 atom stereocenters. The SMILES string of the molecule is O=C(O)C1CCN(Cc2cccc(C#CCCN3CCCCC3)c2)CC1. The Balaban J connectivity index is 1.46. The zero-order chi connectivity index (χ0) is 18.2. The van der Waals surface area contributed by atoms with Crippen LogP contribution in [0.2, 0.25) is 0 Å². The molecule has 0 amide bonds. The molecule has 0 spiro atoms. The lowest BCUT2D eigenvalue weighted by molar-refractivity contribution is -0.143. The first-order valence-electron chi connectivity index (χ1n) is 9.96. The molecular weight excluding hydrogens is 324 g/mol. The molecule has 4 heteroatoms. The highest BCUT2D eigenvalue weighted by atomic mass is 16.4. The van der Waals surface area contributed by atoms with Crippen molar-refractivity contribution in [2.24, 2.45) is 5.92 Å². The van der Waals surface area contributed by atoms with E-state index in [9.17, 15) is 4.79 Å². The van der Waals surface area contributed by atoms with Crippen molar-refractivity contribution < 1.29 is 9.90 Å². The maximum atomic E-state index is 11.1. The molecule has 2 aliphatic heterocycles. The first-order chi connectivity index (χ1) is 12.7. The largest absolute Gasteiger partial charge is 0.481 e. The molecule has 2 saturated heterocycles. The van der Waals surface area contributed by atoms with E-state index in [-0.39, 0.29) is 5.92 Å². The predicted octanol–water partition coefficient (Wildman–Crippen LogP) is 3.21. The topological polar surface area (TPSA) is 43.8 Å². The van der Waals surface area contributed by atoms with Gasteiger partial charge in [-0.05, 0) is 69.6 Å². The fourth-order valence-electron chi connectivity index (χ4n) is 3.91. The van der Waals surface area contributed by atoms with E-state index in [1.807, 2.05) is 0 Å². The highest BCUT2D eigenvalue weighted by molar-refractivity contribution is 5.70. The summed E-state index contributed by atoms with van der Waals surface area (Å²) in [7, 11) is 0. The van der Waals surface area contributed by atoms with E-state index in [4.69, 9.17) is 5.11 Å². The van der Waals surface area contributed by atoms with Crippen LogP contribution < -0.4 is 0 Å². The van der Waals surface area contributed by atoms with Gasteiger partial charge in [0.15, 0.2) is 0 Å². The summed E-state index contributed by atoms with van der Waals surface area (Å²) in [6.07, 6.45) is 6.49. The molecule has 2 fully saturated rings. The summed E-state index contributed by atoms with van der Waals surface area (Å²) in [4.78, 5) is 15.9. The minimum atomic E-state index is -0.647. The van der Waals surface area contributed by atoms with Crippen LogP contribution in [-0.2, 0) is 11.3 Å². The van der Waals surface area contributed by atoms with Gasteiger partial charge in [-0.1, -0.05) is 30.4 Å². The van der Waals surface area contributed by atoms with Crippen molar-refractivity contribution in [1.29, 1.82) is 0 Å². The van der Waals surface area contributed by atoms with Crippen molar-refractivity contribution in [2.75, 3.05) is 32.7 Å². The second kappa shape index (κ2) is 9.75. The lowest BCUT2D eigenvalue weighted by Crippen LogP contribution is -2.35. The van der Waals surface area contributed by atoms with Gasteiger partial charge in [-0.15, -0.1) is 0 Å². The molecule has 0 radical (unpaired) electrons. The van der Waals surface area contributed by atoms with Gasteiger partial charge >= 0.3 is 5.97 Å². The maximum absolute atomic E-state index is 11.1.